The molecule has 3 nitrogen and oxygen atoms in total. The summed E-state index contributed by atoms with van der Waals surface area (Å²) in [6.45, 7) is 6.54. The van der Waals surface area contributed by atoms with Gasteiger partial charge in [0.1, 0.15) is 12.6 Å². The van der Waals surface area contributed by atoms with Crippen molar-refractivity contribution in [2.24, 2.45) is 7.05 Å². The van der Waals surface area contributed by atoms with Gasteiger partial charge in [0.05, 0.1) is 16.6 Å². The molecule has 0 radical (unpaired) electrons. The van der Waals surface area contributed by atoms with Crippen LogP contribution >= 0.6 is 0 Å². The first-order valence-corrected chi connectivity index (χ1v) is 12.4. The van der Waals surface area contributed by atoms with Gasteiger partial charge >= 0.3 is 0 Å². The normalized spacial score (nSPS) is 11.9. The summed E-state index contributed by atoms with van der Waals surface area (Å²) in [5.41, 5.74) is 11.6. The maximum absolute atomic E-state index is 6.57. The number of aryl methyl sites for hydroxylation is 3. The lowest BCUT2D eigenvalue weighted by atomic mass is 9.96. The first-order valence-electron chi connectivity index (χ1n) is 12.4. The van der Waals surface area contributed by atoms with Crippen molar-refractivity contribution < 1.29 is 8.98 Å². The molecule has 0 aliphatic heterocycles. The molecule has 0 saturated heterocycles. The Bertz CT molecular complexity index is 1930. The molecule has 0 amide bonds. The van der Waals surface area contributed by atoms with Crippen LogP contribution < -0.4 is 4.57 Å². The Morgan fingerprint density at radius 2 is 1.39 bits per heavy atom. The second-order valence-corrected chi connectivity index (χ2v) is 9.92. The molecule has 7 rings (SSSR count). The number of para-hydroxylation sites is 2. The van der Waals surface area contributed by atoms with E-state index in [2.05, 4.69) is 128 Å². The fourth-order valence-corrected chi connectivity index (χ4v) is 5.80. The third-order valence-electron chi connectivity index (χ3n) is 7.65. The Balaban J connectivity index is 1.54. The van der Waals surface area contributed by atoms with Gasteiger partial charge in [-0.1, -0.05) is 48.0 Å². The molecule has 0 N–H and O–H groups in total. The Hall–Kier alpha value is -4.37. The summed E-state index contributed by atoms with van der Waals surface area (Å²) in [4.78, 5) is 0. The van der Waals surface area contributed by atoms with Gasteiger partial charge in [-0.05, 0) is 68.3 Å². The van der Waals surface area contributed by atoms with Crippen molar-refractivity contribution >= 4 is 43.7 Å². The SMILES string of the molecule is Cc1cc(C)c(C)c(-c2c3oc4ccc(-n5c6ccccc6c6ccccc65)cc4c3cc[n+]2C)c1. The molecule has 7 aromatic rings. The van der Waals surface area contributed by atoms with Gasteiger partial charge in [0, 0.05) is 33.3 Å². The molecule has 0 saturated carbocycles. The van der Waals surface area contributed by atoms with Crippen molar-refractivity contribution in [1.82, 2.24) is 4.57 Å². The lowest BCUT2D eigenvalue weighted by Crippen LogP contribution is -2.30. The number of furan rings is 1. The van der Waals surface area contributed by atoms with Gasteiger partial charge in [0.25, 0.3) is 5.69 Å². The third kappa shape index (κ3) is 2.89. The molecule has 0 aliphatic rings. The van der Waals surface area contributed by atoms with Crippen molar-refractivity contribution in [3.8, 4) is 16.9 Å². The first kappa shape index (κ1) is 21.0. The highest BCUT2D eigenvalue weighted by molar-refractivity contribution is 6.11. The number of benzene rings is 4. The van der Waals surface area contributed by atoms with Crippen LogP contribution in [0.15, 0.2) is 95.5 Å². The molecule has 3 heterocycles. The summed E-state index contributed by atoms with van der Waals surface area (Å²) in [7, 11) is 2.10. The summed E-state index contributed by atoms with van der Waals surface area (Å²) < 4.78 is 11.1. The highest BCUT2D eigenvalue weighted by Gasteiger charge is 2.23. The number of fused-ring (bicyclic) bond motifs is 6. The summed E-state index contributed by atoms with van der Waals surface area (Å²) in [5.74, 6) is 0. The Kier molecular flexibility index (Phi) is 4.40. The second-order valence-electron chi connectivity index (χ2n) is 9.92. The molecule has 0 unspecified atom stereocenters. The highest BCUT2D eigenvalue weighted by Crippen LogP contribution is 2.38. The predicted molar refractivity (Wildman–Crippen MR) is 149 cm³/mol. The fraction of sp³-hybridized carbons (Fsp3) is 0.121. The van der Waals surface area contributed by atoms with E-state index in [9.17, 15) is 0 Å². The number of hydrogen-bond acceptors (Lipinski definition) is 1. The van der Waals surface area contributed by atoms with Gasteiger partial charge in [0.2, 0.25) is 5.58 Å². The second kappa shape index (κ2) is 7.56. The summed E-state index contributed by atoms with van der Waals surface area (Å²) in [6, 6.07) is 30.5. The molecule has 0 bridgehead atoms. The minimum atomic E-state index is 0.906. The monoisotopic (exact) mass is 467 g/mol. The van der Waals surface area contributed by atoms with E-state index in [-0.39, 0.29) is 0 Å². The fourth-order valence-electron chi connectivity index (χ4n) is 5.80. The summed E-state index contributed by atoms with van der Waals surface area (Å²) in [6.07, 6.45) is 2.15. The van der Waals surface area contributed by atoms with Gasteiger partial charge in [-0.3, -0.25) is 0 Å². The quantitative estimate of drug-likeness (QED) is 0.235. The molecule has 0 aliphatic carbocycles. The van der Waals surface area contributed by atoms with Crippen molar-refractivity contribution in [2.75, 3.05) is 0 Å². The van der Waals surface area contributed by atoms with E-state index in [0.717, 1.165) is 33.3 Å². The van der Waals surface area contributed by atoms with Crippen LogP contribution in [0.3, 0.4) is 0 Å². The zero-order valence-electron chi connectivity index (χ0n) is 21.0. The minimum Gasteiger partial charge on any atom is -0.449 e. The van der Waals surface area contributed by atoms with Crippen LogP contribution in [0.25, 0.3) is 60.7 Å². The van der Waals surface area contributed by atoms with Crippen LogP contribution in [0, 0.1) is 20.8 Å². The van der Waals surface area contributed by atoms with Crippen molar-refractivity contribution in [3.63, 3.8) is 0 Å². The molecule has 0 fully saturated rings. The minimum absolute atomic E-state index is 0.906. The Morgan fingerprint density at radius 1 is 0.694 bits per heavy atom. The number of nitrogens with zero attached hydrogens (tertiary/aromatic N) is 2. The maximum Gasteiger partial charge on any atom is 0.256 e. The zero-order chi connectivity index (χ0) is 24.6. The predicted octanol–water partition coefficient (Wildman–Crippen LogP) is 8.10. The first-order chi connectivity index (χ1) is 17.5. The molecular weight excluding hydrogens is 440 g/mol. The standard InChI is InChI=1S/C33H27N2O/c1-20-17-21(2)22(3)27(18-20)32-33-26(15-16-34(32)4)28-19-23(13-14-31(28)36-33)35-29-11-7-5-9-24(29)25-10-6-8-12-30(25)35/h5-19H,1-4H3/q+1. The lowest BCUT2D eigenvalue weighted by molar-refractivity contribution is -0.659. The summed E-state index contributed by atoms with van der Waals surface area (Å²) in [5, 5.41) is 4.81. The smallest absolute Gasteiger partial charge is 0.256 e. The molecule has 4 aromatic carbocycles. The molecular formula is C33H27N2O+. The van der Waals surface area contributed by atoms with E-state index in [1.165, 1.54) is 44.1 Å². The van der Waals surface area contributed by atoms with Gasteiger partial charge in [-0.15, -0.1) is 0 Å². The largest absolute Gasteiger partial charge is 0.449 e. The van der Waals surface area contributed by atoms with Gasteiger partial charge in [-0.25, -0.2) is 0 Å². The van der Waals surface area contributed by atoms with E-state index >= 15 is 0 Å². The van der Waals surface area contributed by atoms with E-state index < -0.39 is 0 Å². The van der Waals surface area contributed by atoms with Gasteiger partial charge < -0.3 is 8.98 Å². The molecule has 3 heteroatoms. The molecule has 174 valence electrons. The number of hydrogen-bond donors (Lipinski definition) is 0. The average molecular weight is 468 g/mol. The van der Waals surface area contributed by atoms with Crippen LogP contribution in [-0.4, -0.2) is 4.57 Å². The van der Waals surface area contributed by atoms with Crippen molar-refractivity contribution in [1.29, 1.82) is 0 Å². The van der Waals surface area contributed by atoms with Crippen molar-refractivity contribution in [2.45, 2.75) is 20.8 Å². The maximum atomic E-state index is 6.57. The van der Waals surface area contributed by atoms with Crippen LogP contribution in [-0.2, 0) is 7.05 Å². The number of rotatable bonds is 2. The van der Waals surface area contributed by atoms with Crippen molar-refractivity contribution in [3.05, 3.63) is 108 Å². The summed E-state index contributed by atoms with van der Waals surface area (Å²) >= 11 is 0. The number of aromatic nitrogens is 2. The van der Waals surface area contributed by atoms with Crippen LogP contribution in [0.4, 0.5) is 0 Å². The van der Waals surface area contributed by atoms with E-state index in [4.69, 9.17) is 4.42 Å². The Morgan fingerprint density at radius 3 is 2.11 bits per heavy atom. The molecule has 36 heavy (non-hydrogen) atoms. The van der Waals surface area contributed by atoms with Crippen LogP contribution in [0.1, 0.15) is 16.7 Å². The van der Waals surface area contributed by atoms with Crippen LogP contribution in [0.5, 0.6) is 0 Å². The number of pyridine rings is 1. The lowest BCUT2D eigenvalue weighted by Gasteiger charge is -2.09. The third-order valence-corrected chi connectivity index (χ3v) is 7.65. The van der Waals surface area contributed by atoms with Gasteiger partial charge in [0.15, 0.2) is 6.20 Å². The van der Waals surface area contributed by atoms with E-state index in [1.807, 2.05) is 0 Å². The average Bonchev–Trinajstić information content (AvgIpc) is 3.41. The zero-order valence-corrected chi connectivity index (χ0v) is 21.0. The topological polar surface area (TPSA) is 21.9 Å². The van der Waals surface area contributed by atoms with E-state index in [0.29, 0.717) is 0 Å². The molecule has 0 spiro atoms. The molecule has 0 atom stereocenters. The van der Waals surface area contributed by atoms with Crippen LogP contribution in [0.2, 0.25) is 0 Å². The van der Waals surface area contributed by atoms with E-state index in [1.54, 1.807) is 0 Å². The Labute approximate surface area is 209 Å². The molecule has 3 aromatic heterocycles. The highest BCUT2D eigenvalue weighted by atomic mass is 16.3. The van der Waals surface area contributed by atoms with Gasteiger partial charge in [-0.2, -0.15) is 4.57 Å².